The molecular formula is C18H19. The van der Waals surface area contributed by atoms with Gasteiger partial charge in [0.05, 0.1) is 0 Å². The van der Waals surface area contributed by atoms with Gasteiger partial charge in [0.1, 0.15) is 0 Å². The van der Waals surface area contributed by atoms with Gasteiger partial charge in [-0.15, -0.1) is 0 Å². The predicted octanol–water partition coefficient (Wildman–Crippen LogP) is 5.07. The zero-order valence-corrected chi connectivity index (χ0v) is 11.3. The van der Waals surface area contributed by atoms with Crippen molar-refractivity contribution >= 4 is 11.6 Å². The van der Waals surface area contributed by atoms with Crippen LogP contribution in [0.1, 0.15) is 31.9 Å². The van der Waals surface area contributed by atoms with Gasteiger partial charge in [0.2, 0.25) is 0 Å². The highest BCUT2D eigenvalue weighted by Crippen LogP contribution is 2.35. The van der Waals surface area contributed by atoms with E-state index in [1.165, 1.54) is 16.7 Å². The fourth-order valence-electron chi connectivity index (χ4n) is 2.02. The normalized spacial score (nSPS) is 12.5. The van der Waals surface area contributed by atoms with Gasteiger partial charge < -0.3 is 0 Å². The molecule has 0 aliphatic rings. The Morgan fingerprint density at radius 3 is 2.11 bits per heavy atom. The van der Waals surface area contributed by atoms with E-state index in [0.717, 1.165) is 0 Å². The first kappa shape index (κ1) is 12.6. The summed E-state index contributed by atoms with van der Waals surface area (Å²) < 4.78 is 0. The van der Waals surface area contributed by atoms with E-state index in [2.05, 4.69) is 69.3 Å². The molecule has 2 rings (SSSR count). The van der Waals surface area contributed by atoms with Gasteiger partial charge in [-0.3, -0.25) is 0 Å². The van der Waals surface area contributed by atoms with Crippen molar-refractivity contribution in [3.8, 4) is 0 Å². The first-order valence-corrected chi connectivity index (χ1v) is 6.31. The van der Waals surface area contributed by atoms with Crippen molar-refractivity contribution in [3.63, 3.8) is 0 Å². The Hall–Kier alpha value is -1.82. The molecule has 0 saturated heterocycles. The first-order chi connectivity index (χ1) is 8.57. The molecule has 2 aromatic rings. The van der Waals surface area contributed by atoms with Gasteiger partial charge in [0, 0.05) is 0 Å². The van der Waals surface area contributed by atoms with Gasteiger partial charge in [-0.2, -0.15) is 0 Å². The van der Waals surface area contributed by atoms with Gasteiger partial charge in [-0.1, -0.05) is 81.4 Å². The number of hydrogen-bond donors (Lipinski definition) is 0. The largest absolute Gasteiger partial charge is 0.0622 e. The summed E-state index contributed by atoms with van der Waals surface area (Å²) in [6.07, 6.45) is 2.27. The second kappa shape index (κ2) is 5.22. The molecule has 0 heteroatoms. The van der Waals surface area contributed by atoms with Crippen molar-refractivity contribution in [1.29, 1.82) is 0 Å². The van der Waals surface area contributed by atoms with Gasteiger partial charge in [-0.25, -0.2) is 0 Å². The Morgan fingerprint density at radius 2 is 1.56 bits per heavy atom. The molecule has 0 N–H and O–H groups in total. The summed E-state index contributed by atoms with van der Waals surface area (Å²) in [6.45, 7) is 6.75. The van der Waals surface area contributed by atoms with E-state index < -0.39 is 0 Å². The first-order valence-electron chi connectivity index (χ1n) is 6.31. The van der Waals surface area contributed by atoms with Crippen LogP contribution in [0.3, 0.4) is 0 Å². The lowest BCUT2D eigenvalue weighted by atomic mass is 9.81. The second-order valence-corrected chi connectivity index (χ2v) is 5.51. The minimum Gasteiger partial charge on any atom is -0.0622 e. The quantitative estimate of drug-likeness (QED) is 0.637. The highest BCUT2D eigenvalue weighted by atomic mass is 14.2. The fraction of sp³-hybridized carbons (Fsp3) is 0.222. The Bertz CT molecular complexity index is 513. The molecule has 18 heavy (non-hydrogen) atoms. The van der Waals surface area contributed by atoms with Gasteiger partial charge >= 0.3 is 0 Å². The lowest BCUT2D eigenvalue weighted by Gasteiger charge is -2.23. The minimum atomic E-state index is 0.122. The number of hydrogen-bond acceptors (Lipinski definition) is 0. The molecule has 0 aliphatic heterocycles. The summed E-state index contributed by atoms with van der Waals surface area (Å²) in [5.74, 6) is 0. The molecule has 0 saturated carbocycles. The summed E-state index contributed by atoms with van der Waals surface area (Å²) in [4.78, 5) is 0. The standard InChI is InChI=1S/C18H19/c1-18(2,3)17(16-12-8-5-9-13-16)14-15-10-6-4-7-11-15/h4,6-14H,1-3H3. The van der Waals surface area contributed by atoms with E-state index in [0.29, 0.717) is 0 Å². The van der Waals surface area contributed by atoms with E-state index in [1.807, 2.05) is 18.2 Å². The molecular weight excluding hydrogens is 216 g/mol. The third kappa shape index (κ3) is 3.10. The molecule has 91 valence electrons. The van der Waals surface area contributed by atoms with E-state index >= 15 is 0 Å². The number of benzene rings is 2. The molecule has 1 radical (unpaired) electrons. The molecule has 2 aromatic carbocycles. The molecule has 0 nitrogen and oxygen atoms in total. The van der Waals surface area contributed by atoms with Crippen LogP contribution in [0.15, 0.2) is 54.6 Å². The third-order valence-corrected chi connectivity index (χ3v) is 2.95. The molecule has 0 fully saturated rings. The van der Waals surface area contributed by atoms with Gasteiger partial charge in [0.25, 0.3) is 0 Å². The van der Waals surface area contributed by atoms with Crippen molar-refractivity contribution in [1.82, 2.24) is 0 Å². The average molecular weight is 235 g/mol. The molecule has 0 unspecified atom stereocenters. The van der Waals surface area contributed by atoms with Crippen LogP contribution in [-0.4, -0.2) is 0 Å². The third-order valence-electron chi connectivity index (χ3n) is 2.95. The minimum absolute atomic E-state index is 0.122. The number of allylic oxidation sites excluding steroid dienone is 1. The van der Waals surface area contributed by atoms with Crippen LogP contribution in [0.25, 0.3) is 11.6 Å². The smallest absolute Gasteiger partial charge is 0.0126 e. The molecule has 0 aliphatic carbocycles. The van der Waals surface area contributed by atoms with Crippen molar-refractivity contribution in [3.05, 3.63) is 71.8 Å². The zero-order chi connectivity index (χ0) is 13.0. The molecule has 0 amide bonds. The SMILES string of the molecule is CC(C)(C)C(=Cc1ccccc1)c1cc[c]cc1. The second-order valence-electron chi connectivity index (χ2n) is 5.51. The monoisotopic (exact) mass is 235 g/mol. The topological polar surface area (TPSA) is 0 Å². The summed E-state index contributed by atoms with van der Waals surface area (Å²) >= 11 is 0. The lowest BCUT2D eigenvalue weighted by Crippen LogP contribution is -2.08. The maximum atomic E-state index is 3.08. The van der Waals surface area contributed by atoms with E-state index in [1.54, 1.807) is 0 Å². The van der Waals surface area contributed by atoms with E-state index in [4.69, 9.17) is 0 Å². The Labute approximate surface area is 110 Å². The highest BCUT2D eigenvalue weighted by Gasteiger charge is 2.18. The molecule has 0 atom stereocenters. The van der Waals surface area contributed by atoms with Crippen LogP contribution in [0, 0.1) is 11.5 Å². The highest BCUT2D eigenvalue weighted by molar-refractivity contribution is 5.84. The van der Waals surface area contributed by atoms with Crippen LogP contribution in [0.5, 0.6) is 0 Å². The molecule has 0 heterocycles. The maximum absolute atomic E-state index is 3.08. The molecule has 0 bridgehead atoms. The van der Waals surface area contributed by atoms with Crippen LogP contribution >= 0.6 is 0 Å². The van der Waals surface area contributed by atoms with E-state index in [-0.39, 0.29) is 5.41 Å². The Balaban J connectivity index is 2.48. The summed E-state index contributed by atoms with van der Waals surface area (Å²) in [5.41, 5.74) is 3.99. The maximum Gasteiger partial charge on any atom is -0.0126 e. The molecule has 0 aromatic heterocycles. The fourth-order valence-corrected chi connectivity index (χ4v) is 2.02. The van der Waals surface area contributed by atoms with Crippen molar-refractivity contribution in [2.45, 2.75) is 20.8 Å². The van der Waals surface area contributed by atoms with Crippen molar-refractivity contribution in [2.75, 3.05) is 0 Å². The summed E-state index contributed by atoms with van der Waals surface area (Å²) in [6, 6.07) is 21.7. The Kier molecular flexibility index (Phi) is 3.66. The number of rotatable bonds is 2. The van der Waals surface area contributed by atoms with Crippen molar-refractivity contribution < 1.29 is 0 Å². The van der Waals surface area contributed by atoms with Crippen molar-refractivity contribution in [2.24, 2.45) is 5.41 Å². The Morgan fingerprint density at radius 1 is 0.944 bits per heavy atom. The predicted molar refractivity (Wildman–Crippen MR) is 79.0 cm³/mol. The summed E-state index contributed by atoms with van der Waals surface area (Å²) in [7, 11) is 0. The average Bonchev–Trinajstić information content (AvgIpc) is 2.37. The summed E-state index contributed by atoms with van der Waals surface area (Å²) in [5, 5.41) is 0. The molecule has 0 spiro atoms. The van der Waals surface area contributed by atoms with Crippen LogP contribution in [-0.2, 0) is 0 Å². The zero-order valence-electron chi connectivity index (χ0n) is 11.3. The van der Waals surface area contributed by atoms with E-state index in [9.17, 15) is 0 Å². The lowest BCUT2D eigenvalue weighted by molar-refractivity contribution is 0.569. The van der Waals surface area contributed by atoms with Gasteiger partial charge in [0.15, 0.2) is 0 Å². The van der Waals surface area contributed by atoms with Crippen LogP contribution in [0.4, 0.5) is 0 Å². The van der Waals surface area contributed by atoms with Crippen LogP contribution < -0.4 is 0 Å². The van der Waals surface area contributed by atoms with Gasteiger partial charge in [-0.05, 0) is 28.2 Å². The van der Waals surface area contributed by atoms with Crippen LogP contribution in [0.2, 0.25) is 0 Å².